The maximum Gasteiger partial charge on any atom is 0.243 e. The van der Waals surface area contributed by atoms with E-state index in [1.807, 2.05) is 19.9 Å². The number of nitrogens with zero attached hydrogens (tertiary/aromatic N) is 4. The van der Waals surface area contributed by atoms with Crippen LogP contribution in [0.3, 0.4) is 0 Å². The van der Waals surface area contributed by atoms with E-state index in [0.29, 0.717) is 5.76 Å². The van der Waals surface area contributed by atoms with Crippen molar-refractivity contribution in [2.45, 2.75) is 24.8 Å². The summed E-state index contributed by atoms with van der Waals surface area (Å²) in [5.74, 6) is 0.634. The Morgan fingerprint density at radius 1 is 1.38 bits per heavy atom. The number of rotatable bonds is 6. The van der Waals surface area contributed by atoms with Crippen molar-refractivity contribution >= 4 is 10.0 Å². The van der Waals surface area contributed by atoms with Gasteiger partial charge in [-0.3, -0.25) is 9.36 Å². The van der Waals surface area contributed by atoms with Crippen LogP contribution in [0.4, 0.5) is 0 Å². The molecule has 0 spiro atoms. The van der Waals surface area contributed by atoms with Crippen LogP contribution in [0.5, 0.6) is 0 Å². The Balaban J connectivity index is 1.87. The molecule has 3 aromatic rings. The molecule has 0 amide bonds. The second kappa shape index (κ2) is 6.25. The van der Waals surface area contributed by atoms with E-state index in [4.69, 9.17) is 4.42 Å². The molecule has 3 aromatic heterocycles. The third kappa shape index (κ3) is 3.26. The number of sulfonamides is 1. The Morgan fingerprint density at radius 3 is 2.71 bits per heavy atom. The molecule has 1 N–H and O–H groups in total. The summed E-state index contributed by atoms with van der Waals surface area (Å²) in [4.78, 5) is 0.122. The topological polar surface area (TPSA) is 95.0 Å². The lowest BCUT2D eigenvalue weighted by Crippen LogP contribution is -2.32. The maximum atomic E-state index is 12.4. The van der Waals surface area contributed by atoms with Crippen LogP contribution in [0.15, 0.2) is 46.2 Å². The van der Waals surface area contributed by atoms with Crippen LogP contribution in [-0.2, 0) is 17.1 Å². The summed E-state index contributed by atoms with van der Waals surface area (Å²) in [6, 6.07) is 5.13. The minimum Gasteiger partial charge on any atom is -0.467 e. The first-order valence-electron chi connectivity index (χ1n) is 7.41. The molecule has 0 saturated heterocycles. The van der Waals surface area contributed by atoms with Crippen LogP contribution in [0.2, 0.25) is 0 Å². The number of aromatic nitrogens is 4. The molecule has 8 nitrogen and oxygen atoms in total. The van der Waals surface area contributed by atoms with Crippen LogP contribution in [-0.4, -0.2) is 34.5 Å². The van der Waals surface area contributed by atoms with Crippen molar-refractivity contribution in [3.63, 3.8) is 0 Å². The van der Waals surface area contributed by atoms with Gasteiger partial charge in [0, 0.05) is 25.5 Å². The Hall–Kier alpha value is -2.39. The van der Waals surface area contributed by atoms with Crippen LogP contribution < -0.4 is 4.72 Å². The van der Waals surface area contributed by atoms with Gasteiger partial charge in [-0.15, -0.1) is 0 Å². The van der Waals surface area contributed by atoms with Crippen molar-refractivity contribution in [2.24, 2.45) is 7.05 Å². The summed E-state index contributed by atoms with van der Waals surface area (Å²) < 4.78 is 36.1. The fraction of sp³-hybridized carbons (Fsp3) is 0.333. The lowest BCUT2D eigenvalue weighted by atomic mass is 10.2. The Morgan fingerprint density at radius 2 is 2.17 bits per heavy atom. The van der Waals surface area contributed by atoms with Gasteiger partial charge >= 0.3 is 0 Å². The molecule has 0 radical (unpaired) electrons. The minimum atomic E-state index is -3.66. The molecule has 0 aromatic carbocycles. The summed E-state index contributed by atoms with van der Waals surface area (Å²) >= 11 is 0. The molecular weight excluding hydrogens is 330 g/mol. The molecule has 128 valence electrons. The molecule has 9 heteroatoms. The lowest BCUT2D eigenvalue weighted by Gasteiger charge is -2.17. The number of aryl methyl sites for hydroxylation is 3. The van der Waals surface area contributed by atoms with Crippen molar-refractivity contribution in [1.29, 1.82) is 0 Å². The van der Waals surface area contributed by atoms with Crippen LogP contribution in [0.25, 0.3) is 0 Å². The van der Waals surface area contributed by atoms with Gasteiger partial charge in [0.25, 0.3) is 0 Å². The van der Waals surface area contributed by atoms with E-state index in [1.54, 1.807) is 30.1 Å². The van der Waals surface area contributed by atoms with Gasteiger partial charge in [-0.25, -0.2) is 13.1 Å². The first-order chi connectivity index (χ1) is 11.4. The molecule has 1 atom stereocenters. The van der Waals surface area contributed by atoms with Gasteiger partial charge < -0.3 is 4.42 Å². The summed E-state index contributed by atoms with van der Waals surface area (Å²) in [6.07, 6.45) is 4.32. The van der Waals surface area contributed by atoms with E-state index in [-0.39, 0.29) is 17.5 Å². The smallest absolute Gasteiger partial charge is 0.243 e. The van der Waals surface area contributed by atoms with Crippen molar-refractivity contribution in [1.82, 2.24) is 24.3 Å². The number of hydrogen-bond acceptors (Lipinski definition) is 5. The first kappa shape index (κ1) is 16.5. The standard InChI is InChI=1S/C15H19N5O3S/c1-11-7-12(2)20(18-11)14(15-5-4-6-23-15)9-17-24(21,22)13-8-16-19(3)10-13/h4-8,10,14,17H,9H2,1-3H3. The largest absolute Gasteiger partial charge is 0.467 e. The van der Waals surface area contributed by atoms with E-state index in [0.717, 1.165) is 11.4 Å². The zero-order valence-electron chi connectivity index (χ0n) is 13.7. The average molecular weight is 349 g/mol. The summed E-state index contributed by atoms with van der Waals surface area (Å²) in [5, 5.41) is 8.35. The second-order valence-corrected chi connectivity index (χ2v) is 7.37. The van der Waals surface area contributed by atoms with Gasteiger partial charge in [0.05, 0.1) is 18.2 Å². The number of nitrogens with one attached hydrogen (secondary N) is 1. The molecule has 0 saturated carbocycles. The van der Waals surface area contributed by atoms with Gasteiger partial charge in [0.15, 0.2) is 0 Å². The van der Waals surface area contributed by atoms with Crippen LogP contribution in [0, 0.1) is 13.8 Å². The SMILES string of the molecule is Cc1cc(C)n(C(CNS(=O)(=O)c2cnn(C)c2)c2ccco2)n1. The second-order valence-electron chi connectivity index (χ2n) is 5.60. The van der Waals surface area contributed by atoms with E-state index >= 15 is 0 Å². The fourth-order valence-electron chi connectivity index (χ4n) is 2.56. The third-order valence-electron chi connectivity index (χ3n) is 3.67. The third-order valence-corrected chi connectivity index (χ3v) is 5.05. The summed E-state index contributed by atoms with van der Waals surface area (Å²) in [7, 11) is -1.99. The van der Waals surface area contributed by atoms with Gasteiger partial charge in [-0.05, 0) is 32.0 Å². The molecule has 24 heavy (non-hydrogen) atoms. The highest BCUT2D eigenvalue weighted by molar-refractivity contribution is 7.89. The van der Waals surface area contributed by atoms with E-state index in [2.05, 4.69) is 14.9 Å². The van der Waals surface area contributed by atoms with E-state index < -0.39 is 10.0 Å². The van der Waals surface area contributed by atoms with Crippen molar-refractivity contribution in [3.05, 3.63) is 54.0 Å². The molecule has 3 rings (SSSR count). The highest BCUT2D eigenvalue weighted by Crippen LogP contribution is 2.21. The number of hydrogen-bond donors (Lipinski definition) is 1. The number of furan rings is 1. The van der Waals surface area contributed by atoms with E-state index in [9.17, 15) is 8.42 Å². The Bertz CT molecular complexity index is 924. The van der Waals surface area contributed by atoms with Gasteiger partial charge in [-0.2, -0.15) is 10.2 Å². The molecule has 1 unspecified atom stereocenters. The maximum absolute atomic E-state index is 12.4. The molecule has 0 aliphatic rings. The monoisotopic (exact) mass is 349 g/mol. The van der Waals surface area contributed by atoms with Crippen molar-refractivity contribution in [3.8, 4) is 0 Å². The lowest BCUT2D eigenvalue weighted by molar-refractivity contribution is 0.397. The quantitative estimate of drug-likeness (QED) is 0.726. The van der Waals surface area contributed by atoms with Gasteiger partial charge in [-0.1, -0.05) is 0 Å². The van der Waals surface area contributed by atoms with Gasteiger partial charge in [0.2, 0.25) is 10.0 Å². The Kier molecular flexibility index (Phi) is 4.29. The first-order valence-corrected chi connectivity index (χ1v) is 8.89. The van der Waals surface area contributed by atoms with Crippen LogP contribution >= 0.6 is 0 Å². The molecule has 3 heterocycles. The average Bonchev–Trinajstić information content (AvgIpc) is 3.22. The zero-order valence-corrected chi connectivity index (χ0v) is 14.5. The molecule has 0 fully saturated rings. The molecule has 0 bridgehead atoms. The molecule has 0 aliphatic heterocycles. The van der Waals surface area contributed by atoms with E-state index in [1.165, 1.54) is 17.1 Å². The normalized spacial score (nSPS) is 13.3. The summed E-state index contributed by atoms with van der Waals surface area (Å²) in [5.41, 5.74) is 1.79. The zero-order chi connectivity index (χ0) is 17.3. The highest BCUT2D eigenvalue weighted by Gasteiger charge is 2.24. The Labute approximate surface area is 140 Å². The minimum absolute atomic E-state index is 0.118. The van der Waals surface area contributed by atoms with Crippen molar-refractivity contribution < 1.29 is 12.8 Å². The predicted octanol–water partition coefficient (Wildman–Crippen LogP) is 1.39. The highest BCUT2D eigenvalue weighted by atomic mass is 32.2. The molecular formula is C15H19N5O3S. The molecule has 0 aliphatic carbocycles. The summed E-state index contributed by atoms with van der Waals surface area (Å²) in [6.45, 7) is 3.93. The fourth-order valence-corrected chi connectivity index (χ4v) is 3.58. The van der Waals surface area contributed by atoms with Crippen LogP contribution in [0.1, 0.15) is 23.2 Å². The van der Waals surface area contributed by atoms with Crippen molar-refractivity contribution in [2.75, 3.05) is 6.54 Å². The predicted molar refractivity (Wildman–Crippen MR) is 86.9 cm³/mol. The van der Waals surface area contributed by atoms with Gasteiger partial charge in [0.1, 0.15) is 16.7 Å².